The van der Waals surface area contributed by atoms with Crippen LogP contribution in [-0.4, -0.2) is 31.1 Å². The standard InChI is InChI=1S/C17H16BrClN2O5S/c18-13-7-10(8-20-17(13)19)27(24,25)21-14-5-1-4-12-11(14)3-2-6-15(12)26-9-16(22)23/h2-3,6-8,14,21H,1,4-5,9H2,(H,22,23). The minimum atomic E-state index is -3.82. The molecule has 0 bridgehead atoms. The lowest BCUT2D eigenvalue weighted by molar-refractivity contribution is -0.139. The second-order valence-electron chi connectivity index (χ2n) is 6.02. The van der Waals surface area contributed by atoms with Crippen molar-refractivity contribution in [3.05, 3.63) is 51.2 Å². The molecule has 2 aromatic rings. The molecular weight excluding hydrogens is 460 g/mol. The SMILES string of the molecule is O=C(O)COc1cccc2c1CCCC2NS(=O)(=O)c1cnc(Cl)c(Br)c1. The molecule has 27 heavy (non-hydrogen) atoms. The van der Waals surface area contributed by atoms with Crippen LogP contribution in [0.4, 0.5) is 0 Å². The van der Waals surface area contributed by atoms with Crippen molar-refractivity contribution in [3.63, 3.8) is 0 Å². The van der Waals surface area contributed by atoms with Crippen LogP contribution in [-0.2, 0) is 21.2 Å². The summed E-state index contributed by atoms with van der Waals surface area (Å²) in [7, 11) is -3.82. The Morgan fingerprint density at radius 2 is 2.22 bits per heavy atom. The molecule has 0 amide bonds. The Kier molecular flexibility index (Phi) is 6.05. The number of rotatable bonds is 6. The number of pyridine rings is 1. The first kappa shape index (κ1) is 20.1. The second-order valence-corrected chi connectivity index (χ2v) is 8.94. The number of aliphatic carboxylic acids is 1. The molecule has 1 aromatic carbocycles. The van der Waals surface area contributed by atoms with Crippen molar-refractivity contribution in [3.8, 4) is 5.75 Å². The van der Waals surface area contributed by atoms with Crippen LogP contribution in [0.5, 0.6) is 5.75 Å². The quantitative estimate of drug-likeness (QED) is 0.621. The normalized spacial score (nSPS) is 16.6. The van der Waals surface area contributed by atoms with Crippen molar-refractivity contribution in [2.24, 2.45) is 0 Å². The molecule has 0 saturated heterocycles. The van der Waals surface area contributed by atoms with Crippen LogP contribution in [0.3, 0.4) is 0 Å². The zero-order valence-electron chi connectivity index (χ0n) is 14.0. The average molecular weight is 476 g/mol. The van der Waals surface area contributed by atoms with Gasteiger partial charge in [0.15, 0.2) is 6.61 Å². The minimum absolute atomic E-state index is 0.00387. The zero-order chi connectivity index (χ0) is 19.6. The molecule has 0 radical (unpaired) electrons. The maximum Gasteiger partial charge on any atom is 0.341 e. The fourth-order valence-corrected chi connectivity index (χ4v) is 4.84. The van der Waals surface area contributed by atoms with E-state index in [0.29, 0.717) is 23.1 Å². The van der Waals surface area contributed by atoms with Gasteiger partial charge in [-0.25, -0.2) is 22.9 Å². The maximum absolute atomic E-state index is 12.7. The number of carbonyl (C=O) groups is 1. The molecule has 10 heteroatoms. The Morgan fingerprint density at radius 1 is 1.44 bits per heavy atom. The summed E-state index contributed by atoms with van der Waals surface area (Å²) in [5.74, 6) is -0.601. The highest BCUT2D eigenvalue weighted by Gasteiger charge is 2.28. The molecule has 1 unspecified atom stereocenters. The number of ether oxygens (including phenoxy) is 1. The van der Waals surface area contributed by atoms with Gasteiger partial charge in [0, 0.05) is 12.2 Å². The van der Waals surface area contributed by atoms with E-state index in [0.717, 1.165) is 17.5 Å². The molecule has 2 N–H and O–H groups in total. The number of aromatic nitrogens is 1. The molecule has 1 aliphatic carbocycles. The van der Waals surface area contributed by atoms with Crippen LogP contribution in [0.15, 0.2) is 39.8 Å². The molecule has 3 rings (SSSR count). The molecule has 0 aliphatic heterocycles. The van der Waals surface area contributed by atoms with Gasteiger partial charge in [-0.2, -0.15) is 0 Å². The summed E-state index contributed by atoms with van der Waals surface area (Å²) >= 11 is 9.01. The third-order valence-electron chi connectivity index (χ3n) is 4.19. The molecule has 144 valence electrons. The van der Waals surface area contributed by atoms with Crippen LogP contribution in [0, 0.1) is 0 Å². The summed E-state index contributed by atoms with van der Waals surface area (Å²) in [6, 6.07) is 6.20. The van der Waals surface area contributed by atoms with Gasteiger partial charge in [0.2, 0.25) is 10.0 Å². The van der Waals surface area contributed by atoms with Crippen LogP contribution in [0.2, 0.25) is 5.15 Å². The van der Waals surface area contributed by atoms with E-state index < -0.39 is 28.6 Å². The van der Waals surface area contributed by atoms with Gasteiger partial charge in [-0.15, -0.1) is 0 Å². The fourth-order valence-electron chi connectivity index (χ4n) is 3.02. The Morgan fingerprint density at radius 3 is 2.93 bits per heavy atom. The highest BCUT2D eigenvalue weighted by Crippen LogP contribution is 2.36. The molecule has 1 aromatic heterocycles. The molecule has 0 saturated carbocycles. The van der Waals surface area contributed by atoms with E-state index >= 15 is 0 Å². The summed E-state index contributed by atoms with van der Waals surface area (Å²) in [6.45, 7) is -0.447. The predicted octanol–water partition coefficient (Wildman–Crippen LogP) is 3.32. The van der Waals surface area contributed by atoms with Crippen molar-refractivity contribution in [2.75, 3.05) is 6.61 Å². The molecule has 1 aliphatic rings. The molecule has 7 nitrogen and oxygen atoms in total. The molecule has 0 fully saturated rings. The number of carboxylic acids is 1. The van der Waals surface area contributed by atoms with Crippen LogP contribution >= 0.6 is 27.5 Å². The first-order valence-electron chi connectivity index (χ1n) is 8.07. The van der Waals surface area contributed by atoms with Gasteiger partial charge < -0.3 is 9.84 Å². The van der Waals surface area contributed by atoms with Crippen molar-refractivity contribution < 1.29 is 23.1 Å². The average Bonchev–Trinajstić information content (AvgIpc) is 2.62. The summed E-state index contributed by atoms with van der Waals surface area (Å²) in [4.78, 5) is 14.6. The molecular formula is C17H16BrClN2O5S. The number of nitrogens with one attached hydrogen (secondary N) is 1. The van der Waals surface area contributed by atoms with Crippen molar-refractivity contribution in [1.29, 1.82) is 0 Å². The second kappa shape index (κ2) is 8.14. The number of hydrogen-bond acceptors (Lipinski definition) is 5. The Bertz CT molecular complexity index is 983. The van der Waals surface area contributed by atoms with E-state index in [1.54, 1.807) is 12.1 Å². The van der Waals surface area contributed by atoms with Crippen LogP contribution in [0.1, 0.15) is 30.0 Å². The smallest absolute Gasteiger partial charge is 0.341 e. The van der Waals surface area contributed by atoms with Gasteiger partial charge >= 0.3 is 5.97 Å². The monoisotopic (exact) mass is 474 g/mol. The summed E-state index contributed by atoms with van der Waals surface area (Å²) in [5, 5.41) is 8.99. The van der Waals surface area contributed by atoms with Gasteiger partial charge in [-0.3, -0.25) is 0 Å². The lowest BCUT2D eigenvalue weighted by Crippen LogP contribution is -2.31. The summed E-state index contributed by atoms with van der Waals surface area (Å²) < 4.78 is 33.9. The topological polar surface area (TPSA) is 106 Å². The third kappa shape index (κ3) is 4.60. The first-order chi connectivity index (χ1) is 12.8. The fraction of sp³-hybridized carbons (Fsp3) is 0.294. The van der Waals surface area contributed by atoms with Gasteiger partial charge in [-0.1, -0.05) is 23.7 Å². The highest BCUT2D eigenvalue weighted by molar-refractivity contribution is 9.10. The Balaban J connectivity index is 1.88. The number of carboxylic acid groups (broad SMARTS) is 1. The van der Waals surface area contributed by atoms with Crippen molar-refractivity contribution in [2.45, 2.75) is 30.2 Å². The van der Waals surface area contributed by atoms with Gasteiger partial charge in [0.05, 0.1) is 4.47 Å². The highest BCUT2D eigenvalue weighted by atomic mass is 79.9. The van der Waals surface area contributed by atoms with Crippen LogP contribution < -0.4 is 9.46 Å². The number of sulfonamides is 1. The summed E-state index contributed by atoms with van der Waals surface area (Å²) in [6.07, 6.45) is 3.26. The van der Waals surface area contributed by atoms with Crippen LogP contribution in [0.25, 0.3) is 0 Å². The number of hydrogen-bond donors (Lipinski definition) is 2. The number of nitrogens with zero attached hydrogens (tertiary/aromatic N) is 1. The van der Waals surface area contributed by atoms with E-state index in [1.807, 2.05) is 6.07 Å². The minimum Gasteiger partial charge on any atom is -0.482 e. The summed E-state index contributed by atoms with van der Waals surface area (Å²) in [5.41, 5.74) is 1.61. The molecule has 1 atom stereocenters. The van der Waals surface area contributed by atoms with E-state index in [9.17, 15) is 13.2 Å². The van der Waals surface area contributed by atoms with E-state index in [2.05, 4.69) is 25.6 Å². The Hall–Kier alpha value is -1.68. The predicted molar refractivity (Wildman–Crippen MR) is 103 cm³/mol. The lowest BCUT2D eigenvalue weighted by Gasteiger charge is -2.27. The molecule has 1 heterocycles. The number of fused-ring (bicyclic) bond motifs is 1. The van der Waals surface area contributed by atoms with E-state index in [4.69, 9.17) is 21.4 Å². The van der Waals surface area contributed by atoms with Crippen molar-refractivity contribution >= 4 is 43.5 Å². The maximum atomic E-state index is 12.7. The number of halogens is 2. The van der Waals surface area contributed by atoms with E-state index in [-0.39, 0.29) is 10.0 Å². The zero-order valence-corrected chi connectivity index (χ0v) is 17.1. The Labute approximate surface area is 169 Å². The largest absolute Gasteiger partial charge is 0.482 e. The van der Waals surface area contributed by atoms with Gasteiger partial charge in [-0.05, 0) is 58.5 Å². The lowest BCUT2D eigenvalue weighted by atomic mass is 9.87. The third-order valence-corrected chi connectivity index (χ3v) is 6.77. The number of benzene rings is 1. The van der Waals surface area contributed by atoms with E-state index in [1.165, 1.54) is 12.3 Å². The van der Waals surface area contributed by atoms with Crippen molar-refractivity contribution in [1.82, 2.24) is 9.71 Å². The first-order valence-corrected chi connectivity index (χ1v) is 10.7. The molecule has 0 spiro atoms. The van der Waals surface area contributed by atoms with Gasteiger partial charge in [0.25, 0.3) is 0 Å². The van der Waals surface area contributed by atoms with Gasteiger partial charge in [0.1, 0.15) is 15.8 Å².